The van der Waals surface area contributed by atoms with Crippen molar-refractivity contribution in [1.82, 2.24) is 25.5 Å². The molecule has 2 aliphatic carbocycles. The number of tetrazole rings is 1. The van der Waals surface area contributed by atoms with Gasteiger partial charge < -0.3 is 5.32 Å². The lowest BCUT2D eigenvalue weighted by Crippen LogP contribution is -2.48. The van der Waals surface area contributed by atoms with Gasteiger partial charge in [-0.1, -0.05) is 74.9 Å². The van der Waals surface area contributed by atoms with Gasteiger partial charge in [0.05, 0.1) is 5.56 Å². The number of carbonyl (C=O) groups excluding carboxylic acids is 2. The van der Waals surface area contributed by atoms with Gasteiger partial charge in [-0.3, -0.25) is 14.5 Å². The van der Waals surface area contributed by atoms with Crippen LogP contribution in [0.2, 0.25) is 0 Å². The number of anilines is 1. The summed E-state index contributed by atoms with van der Waals surface area (Å²) in [7, 11) is 0. The van der Waals surface area contributed by atoms with Crippen LogP contribution in [0.3, 0.4) is 0 Å². The fourth-order valence-corrected chi connectivity index (χ4v) is 6.63. The number of nitrogens with one attached hydrogen (secondary N) is 1. The molecule has 1 atom stereocenters. The molecule has 1 heterocycles. The van der Waals surface area contributed by atoms with Gasteiger partial charge in [-0.2, -0.15) is 4.80 Å². The SMILES string of the molecule is O=C(NC1CCCCC1)[C@@H](c1ccc(F)cc1)N(C(=O)Cn1nnc(-c2ccccc2F)n1)c1ccc(C2CCCCC2)cc1. The quantitative estimate of drug-likeness (QED) is 0.222. The standard InChI is InChI=1S/C35H38F2N6O2/c36-27-19-15-26(16-20-27)33(35(45)38-28-11-5-2-6-12-28)43(29-21-17-25(18-22-29)24-9-3-1-4-10-24)32(44)23-42-40-34(39-41-42)30-13-7-8-14-31(30)37/h7-8,13-22,24,28,33H,1-6,9-12,23H2,(H,38,45)/t33-/m1/s1. The summed E-state index contributed by atoms with van der Waals surface area (Å²) in [5.74, 6) is -1.22. The summed E-state index contributed by atoms with van der Waals surface area (Å²) in [6.07, 6.45) is 10.8. The fraction of sp³-hybridized carbons (Fsp3) is 0.400. The summed E-state index contributed by atoms with van der Waals surface area (Å²) in [6.45, 7) is -0.347. The molecule has 0 aliphatic heterocycles. The summed E-state index contributed by atoms with van der Waals surface area (Å²) in [6, 6.07) is 18.5. The zero-order chi connectivity index (χ0) is 31.2. The number of halogens is 2. The molecule has 234 valence electrons. The van der Waals surface area contributed by atoms with Gasteiger partial charge in [0.1, 0.15) is 24.2 Å². The van der Waals surface area contributed by atoms with Gasteiger partial charge in [-0.15, -0.1) is 10.2 Å². The third-order valence-corrected chi connectivity index (χ3v) is 9.00. The van der Waals surface area contributed by atoms with Crippen LogP contribution in [0.5, 0.6) is 0 Å². The highest BCUT2D eigenvalue weighted by atomic mass is 19.1. The van der Waals surface area contributed by atoms with Crippen LogP contribution >= 0.6 is 0 Å². The summed E-state index contributed by atoms with van der Waals surface area (Å²) in [5, 5.41) is 15.4. The van der Waals surface area contributed by atoms with E-state index in [0.717, 1.165) is 49.7 Å². The lowest BCUT2D eigenvalue weighted by atomic mass is 9.84. The van der Waals surface area contributed by atoms with Crippen LogP contribution in [0.15, 0.2) is 72.8 Å². The minimum atomic E-state index is -1.07. The number of benzene rings is 3. The molecule has 45 heavy (non-hydrogen) atoms. The average molecular weight is 613 g/mol. The number of carbonyl (C=O) groups is 2. The van der Waals surface area contributed by atoms with Crippen molar-refractivity contribution in [3.63, 3.8) is 0 Å². The van der Waals surface area contributed by atoms with E-state index in [9.17, 15) is 18.4 Å². The number of rotatable bonds is 9. The smallest absolute Gasteiger partial charge is 0.251 e. The van der Waals surface area contributed by atoms with Gasteiger partial charge in [0.15, 0.2) is 0 Å². The zero-order valence-corrected chi connectivity index (χ0v) is 25.2. The van der Waals surface area contributed by atoms with Crippen LogP contribution in [-0.4, -0.2) is 38.1 Å². The van der Waals surface area contributed by atoms with E-state index in [0.29, 0.717) is 17.2 Å². The van der Waals surface area contributed by atoms with E-state index in [1.807, 2.05) is 24.3 Å². The van der Waals surface area contributed by atoms with Crippen molar-refractivity contribution in [3.8, 4) is 11.4 Å². The van der Waals surface area contributed by atoms with Gasteiger partial charge in [0.2, 0.25) is 11.7 Å². The van der Waals surface area contributed by atoms with Crippen LogP contribution in [-0.2, 0) is 16.1 Å². The second-order valence-corrected chi connectivity index (χ2v) is 12.1. The van der Waals surface area contributed by atoms with Crippen molar-refractivity contribution in [2.45, 2.75) is 88.8 Å². The maximum absolute atomic E-state index is 14.4. The van der Waals surface area contributed by atoms with Gasteiger partial charge in [-0.05, 0) is 84.3 Å². The minimum absolute atomic E-state index is 0.000127. The number of amides is 2. The second-order valence-electron chi connectivity index (χ2n) is 12.1. The average Bonchev–Trinajstić information content (AvgIpc) is 3.53. The number of hydrogen-bond acceptors (Lipinski definition) is 5. The molecule has 0 unspecified atom stereocenters. The maximum atomic E-state index is 14.4. The normalized spacial score (nSPS) is 16.7. The van der Waals surface area contributed by atoms with Crippen molar-refractivity contribution < 1.29 is 18.4 Å². The van der Waals surface area contributed by atoms with Gasteiger partial charge >= 0.3 is 0 Å². The third kappa shape index (κ3) is 7.27. The largest absolute Gasteiger partial charge is 0.351 e. The summed E-state index contributed by atoms with van der Waals surface area (Å²) >= 11 is 0. The molecule has 1 N–H and O–H groups in total. The van der Waals surface area contributed by atoms with E-state index in [4.69, 9.17) is 0 Å². The number of nitrogens with zero attached hydrogens (tertiary/aromatic N) is 5. The Morgan fingerprint density at radius 2 is 1.51 bits per heavy atom. The van der Waals surface area contributed by atoms with Crippen LogP contribution in [0.4, 0.5) is 14.5 Å². The van der Waals surface area contributed by atoms with E-state index in [2.05, 4.69) is 20.7 Å². The molecule has 0 bridgehead atoms. The van der Waals surface area contributed by atoms with Gasteiger partial charge in [0, 0.05) is 11.7 Å². The van der Waals surface area contributed by atoms with Crippen LogP contribution in [0, 0.1) is 11.6 Å². The molecule has 2 aliphatic rings. The molecule has 0 spiro atoms. The van der Waals surface area contributed by atoms with Crippen LogP contribution in [0.1, 0.15) is 87.3 Å². The molecule has 4 aromatic rings. The van der Waals surface area contributed by atoms with Crippen molar-refractivity contribution in [3.05, 3.63) is 95.6 Å². The first-order valence-corrected chi connectivity index (χ1v) is 16.0. The Hall–Kier alpha value is -4.47. The molecule has 2 fully saturated rings. The van der Waals surface area contributed by atoms with Crippen molar-refractivity contribution in [2.24, 2.45) is 0 Å². The zero-order valence-electron chi connectivity index (χ0n) is 25.2. The lowest BCUT2D eigenvalue weighted by Gasteiger charge is -2.33. The molecule has 8 nitrogen and oxygen atoms in total. The van der Waals surface area contributed by atoms with E-state index >= 15 is 0 Å². The highest BCUT2D eigenvalue weighted by Crippen LogP contribution is 2.35. The van der Waals surface area contributed by atoms with Gasteiger partial charge in [0.25, 0.3) is 5.91 Å². The van der Waals surface area contributed by atoms with E-state index < -0.39 is 23.6 Å². The van der Waals surface area contributed by atoms with Crippen LogP contribution in [0.25, 0.3) is 11.4 Å². The highest BCUT2D eigenvalue weighted by molar-refractivity contribution is 6.01. The molecule has 0 radical (unpaired) electrons. The first kappa shape index (κ1) is 30.6. The highest BCUT2D eigenvalue weighted by Gasteiger charge is 2.35. The molecular formula is C35H38F2N6O2. The molecular weight excluding hydrogens is 574 g/mol. The second kappa shape index (κ2) is 14.1. The Kier molecular flexibility index (Phi) is 9.57. The Balaban J connectivity index is 1.35. The van der Waals surface area contributed by atoms with Crippen LogP contribution < -0.4 is 10.2 Å². The molecule has 0 saturated heterocycles. The Morgan fingerprint density at radius 1 is 0.844 bits per heavy atom. The molecule has 1 aromatic heterocycles. The predicted molar refractivity (Wildman–Crippen MR) is 167 cm³/mol. The van der Waals surface area contributed by atoms with E-state index in [1.165, 1.54) is 47.9 Å². The monoisotopic (exact) mass is 612 g/mol. The predicted octanol–water partition coefficient (Wildman–Crippen LogP) is 6.89. The molecule has 2 saturated carbocycles. The lowest BCUT2D eigenvalue weighted by molar-refractivity contribution is -0.127. The summed E-state index contributed by atoms with van der Waals surface area (Å²) in [4.78, 5) is 30.9. The minimum Gasteiger partial charge on any atom is -0.351 e. The molecule has 3 aromatic carbocycles. The number of aromatic nitrogens is 4. The topological polar surface area (TPSA) is 93.0 Å². The van der Waals surface area contributed by atoms with E-state index in [1.54, 1.807) is 30.3 Å². The fourth-order valence-electron chi connectivity index (χ4n) is 6.63. The summed E-state index contributed by atoms with van der Waals surface area (Å²) in [5.41, 5.74) is 2.39. The maximum Gasteiger partial charge on any atom is 0.251 e. The Bertz CT molecular complexity index is 1600. The Labute approximate surface area is 261 Å². The van der Waals surface area contributed by atoms with Crippen molar-refractivity contribution in [2.75, 3.05) is 4.90 Å². The molecule has 2 amide bonds. The first-order chi connectivity index (χ1) is 22.0. The van der Waals surface area contributed by atoms with Crippen molar-refractivity contribution >= 4 is 17.5 Å². The molecule has 6 rings (SSSR count). The number of hydrogen-bond donors (Lipinski definition) is 1. The summed E-state index contributed by atoms with van der Waals surface area (Å²) < 4.78 is 28.5. The first-order valence-electron chi connectivity index (χ1n) is 16.0. The Morgan fingerprint density at radius 3 is 2.20 bits per heavy atom. The third-order valence-electron chi connectivity index (χ3n) is 9.00. The van der Waals surface area contributed by atoms with Gasteiger partial charge in [-0.25, -0.2) is 8.78 Å². The molecule has 10 heteroatoms. The van der Waals surface area contributed by atoms with Crippen molar-refractivity contribution in [1.29, 1.82) is 0 Å². The van der Waals surface area contributed by atoms with E-state index in [-0.39, 0.29) is 29.9 Å².